The first kappa shape index (κ1) is 20.1. The largest absolute Gasteiger partial charge is 0.492 e. The lowest BCUT2D eigenvalue weighted by Gasteiger charge is -2.14. The lowest BCUT2D eigenvalue weighted by Crippen LogP contribution is -2.26. The van der Waals surface area contributed by atoms with Gasteiger partial charge in [-0.15, -0.1) is 0 Å². The third-order valence-corrected chi connectivity index (χ3v) is 4.79. The minimum absolute atomic E-state index is 0.324. The van der Waals surface area contributed by atoms with E-state index in [0.29, 0.717) is 30.9 Å². The number of hydrogen-bond donors (Lipinski definition) is 4. The zero-order valence-corrected chi connectivity index (χ0v) is 16.6. The smallest absolute Gasteiger partial charge is 0.229 e. The van der Waals surface area contributed by atoms with E-state index in [2.05, 4.69) is 20.2 Å². The van der Waals surface area contributed by atoms with Gasteiger partial charge in [-0.05, 0) is 36.8 Å². The third kappa shape index (κ3) is 5.44. The van der Waals surface area contributed by atoms with Gasteiger partial charge in [-0.3, -0.25) is 9.82 Å². The van der Waals surface area contributed by atoms with Crippen LogP contribution in [0, 0.1) is 6.92 Å². The number of aliphatic hydroxyl groups is 1. The number of sulfonamides is 1. The molecule has 0 fully saturated rings. The van der Waals surface area contributed by atoms with Crippen molar-refractivity contribution < 1.29 is 18.3 Å². The van der Waals surface area contributed by atoms with Gasteiger partial charge >= 0.3 is 0 Å². The van der Waals surface area contributed by atoms with Crippen molar-refractivity contribution in [2.75, 3.05) is 30.7 Å². The van der Waals surface area contributed by atoms with Crippen LogP contribution in [0.2, 0.25) is 0 Å². The van der Waals surface area contributed by atoms with Crippen LogP contribution in [0.5, 0.6) is 5.75 Å². The van der Waals surface area contributed by atoms with Gasteiger partial charge in [0, 0.05) is 30.2 Å². The highest BCUT2D eigenvalue weighted by molar-refractivity contribution is 7.92. The Morgan fingerprint density at radius 1 is 1.25 bits per heavy atom. The fourth-order valence-electron chi connectivity index (χ4n) is 2.85. The van der Waals surface area contributed by atoms with Crippen LogP contribution < -0.4 is 14.8 Å². The molecular formula is C19H24N4O4S. The van der Waals surface area contributed by atoms with E-state index < -0.39 is 16.1 Å². The second-order valence-corrected chi connectivity index (χ2v) is 8.33. The topological polar surface area (TPSA) is 116 Å². The van der Waals surface area contributed by atoms with Crippen LogP contribution in [-0.2, 0) is 10.0 Å². The summed E-state index contributed by atoms with van der Waals surface area (Å²) in [4.78, 5) is 0. The molecular weight excluding hydrogens is 380 g/mol. The molecule has 0 aliphatic carbocycles. The molecule has 3 rings (SSSR count). The van der Waals surface area contributed by atoms with Crippen LogP contribution in [0.4, 0.5) is 5.69 Å². The zero-order chi connectivity index (χ0) is 20.1. The first-order valence-corrected chi connectivity index (χ1v) is 10.7. The van der Waals surface area contributed by atoms with Gasteiger partial charge < -0.3 is 15.2 Å². The van der Waals surface area contributed by atoms with Crippen molar-refractivity contribution in [3.63, 3.8) is 0 Å². The number of nitrogens with zero attached hydrogens (tertiary/aromatic N) is 1. The Balaban J connectivity index is 1.45. The molecule has 0 unspecified atom stereocenters. The van der Waals surface area contributed by atoms with E-state index in [1.54, 1.807) is 24.3 Å². The number of H-pyrrole nitrogens is 1. The molecule has 1 atom stereocenters. The lowest BCUT2D eigenvalue weighted by atomic mass is 10.1. The zero-order valence-electron chi connectivity index (χ0n) is 15.8. The molecule has 0 radical (unpaired) electrons. The average Bonchev–Trinajstić information content (AvgIpc) is 3.00. The maximum atomic E-state index is 11.3. The fourth-order valence-corrected chi connectivity index (χ4v) is 3.40. The van der Waals surface area contributed by atoms with Crippen LogP contribution in [-0.4, -0.2) is 49.7 Å². The second kappa shape index (κ2) is 8.59. The van der Waals surface area contributed by atoms with Gasteiger partial charge in [-0.25, -0.2) is 8.42 Å². The minimum Gasteiger partial charge on any atom is -0.492 e. The molecule has 1 heterocycles. The summed E-state index contributed by atoms with van der Waals surface area (Å²) in [6, 6.07) is 12.5. The molecule has 28 heavy (non-hydrogen) atoms. The number of fused-ring (bicyclic) bond motifs is 1. The molecule has 0 saturated carbocycles. The highest BCUT2D eigenvalue weighted by Gasteiger charge is 2.09. The molecule has 0 saturated heterocycles. The Labute approximate surface area is 164 Å². The van der Waals surface area contributed by atoms with Crippen molar-refractivity contribution >= 4 is 26.6 Å². The first-order chi connectivity index (χ1) is 13.3. The lowest BCUT2D eigenvalue weighted by molar-refractivity contribution is 0.172. The van der Waals surface area contributed by atoms with Gasteiger partial charge in [0.2, 0.25) is 10.0 Å². The standard InChI is InChI=1S/C19H24N4O4S/c1-13-17-7-6-16(11-18(17)22-21-13)27-9-8-20-12-19(24)14-4-3-5-15(10-14)23-28(2,25)26/h3-7,10-11,19-20,23-24H,8-9,12H2,1-2H3,(H,21,22)/t19-/m0/s1. The van der Waals surface area contributed by atoms with Crippen LogP contribution in [0.1, 0.15) is 17.4 Å². The molecule has 150 valence electrons. The van der Waals surface area contributed by atoms with E-state index in [-0.39, 0.29) is 0 Å². The van der Waals surface area contributed by atoms with Crippen LogP contribution in [0.15, 0.2) is 42.5 Å². The van der Waals surface area contributed by atoms with Crippen molar-refractivity contribution in [2.45, 2.75) is 13.0 Å². The molecule has 4 N–H and O–H groups in total. The van der Waals surface area contributed by atoms with Crippen LogP contribution >= 0.6 is 0 Å². The average molecular weight is 404 g/mol. The van der Waals surface area contributed by atoms with Crippen molar-refractivity contribution in [1.82, 2.24) is 15.5 Å². The quantitative estimate of drug-likeness (QED) is 0.405. The molecule has 9 heteroatoms. The predicted molar refractivity (Wildman–Crippen MR) is 109 cm³/mol. The van der Waals surface area contributed by atoms with Crippen LogP contribution in [0.3, 0.4) is 0 Å². The maximum absolute atomic E-state index is 11.3. The Kier molecular flexibility index (Phi) is 6.18. The number of rotatable bonds is 9. The van der Waals surface area contributed by atoms with Gasteiger partial charge in [-0.2, -0.15) is 5.10 Å². The van der Waals surface area contributed by atoms with Crippen molar-refractivity contribution in [1.29, 1.82) is 0 Å². The molecule has 0 spiro atoms. The molecule has 0 bridgehead atoms. The van der Waals surface area contributed by atoms with Crippen molar-refractivity contribution in [3.8, 4) is 5.75 Å². The Morgan fingerprint density at radius 3 is 2.86 bits per heavy atom. The van der Waals surface area contributed by atoms with Gasteiger partial charge in [0.15, 0.2) is 0 Å². The summed E-state index contributed by atoms with van der Waals surface area (Å²) in [5.74, 6) is 0.748. The minimum atomic E-state index is -3.35. The summed E-state index contributed by atoms with van der Waals surface area (Å²) in [6.07, 6.45) is 0.328. The SMILES string of the molecule is Cc1n[nH]c2cc(OCCNC[C@H](O)c3cccc(NS(C)(=O)=O)c3)ccc12. The highest BCUT2D eigenvalue weighted by Crippen LogP contribution is 2.21. The van der Waals surface area contributed by atoms with Gasteiger partial charge in [-0.1, -0.05) is 12.1 Å². The number of aromatic amines is 1. The van der Waals surface area contributed by atoms with Crippen LogP contribution in [0.25, 0.3) is 10.9 Å². The number of benzene rings is 2. The van der Waals surface area contributed by atoms with Crippen molar-refractivity contribution in [2.24, 2.45) is 0 Å². The normalized spacial score (nSPS) is 12.8. The molecule has 0 amide bonds. The van der Waals surface area contributed by atoms with E-state index in [0.717, 1.165) is 28.6 Å². The van der Waals surface area contributed by atoms with Crippen molar-refractivity contribution in [3.05, 3.63) is 53.7 Å². The monoisotopic (exact) mass is 404 g/mol. The Hall–Kier alpha value is -2.62. The first-order valence-electron chi connectivity index (χ1n) is 8.86. The fraction of sp³-hybridized carbons (Fsp3) is 0.316. The van der Waals surface area contributed by atoms with Gasteiger partial charge in [0.05, 0.1) is 23.6 Å². The number of aromatic nitrogens is 2. The second-order valence-electron chi connectivity index (χ2n) is 6.58. The number of aryl methyl sites for hydroxylation is 1. The molecule has 2 aromatic carbocycles. The number of hydrogen-bond acceptors (Lipinski definition) is 6. The number of nitrogens with one attached hydrogen (secondary N) is 3. The van der Waals surface area contributed by atoms with Gasteiger partial charge in [0.25, 0.3) is 0 Å². The Morgan fingerprint density at radius 2 is 2.07 bits per heavy atom. The Bertz CT molecular complexity index is 1050. The van der Waals surface area contributed by atoms with E-state index in [4.69, 9.17) is 4.74 Å². The summed E-state index contributed by atoms with van der Waals surface area (Å²) in [5, 5.41) is 21.6. The molecule has 0 aliphatic heterocycles. The van der Waals surface area contributed by atoms with E-state index in [1.807, 2.05) is 25.1 Å². The predicted octanol–water partition coefficient (Wildman–Crippen LogP) is 1.94. The maximum Gasteiger partial charge on any atom is 0.229 e. The summed E-state index contributed by atoms with van der Waals surface area (Å²) in [6.45, 7) is 3.27. The molecule has 8 nitrogen and oxygen atoms in total. The summed E-state index contributed by atoms with van der Waals surface area (Å²) in [7, 11) is -3.35. The summed E-state index contributed by atoms with van der Waals surface area (Å²) < 4.78 is 30.7. The third-order valence-electron chi connectivity index (χ3n) is 4.18. The summed E-state index contributed by atoms with van der Waals surface area (Å²) >= 11 is 0. The van der Waals surface area contributed by atoms with Gasteiger partial charge in [0.1, 0.15) is 12.4 Å². The number of ether oxygens (including phenoxy) is 1. The molecule has 3 aromatic rings. The van der Waals surface area contributed by atoms with E-state index >= 15 is 0 Å². The molecule has 0 aliphatic rings. The van der Waals surface area contributed by atoms with E-state index in [1.165, 1.54) is 0 Å². The number of aliphatic hydroxyl groups excluding tert-OH is 1. The molecule has 1 aromatic heterocycles. The summed E-state index contributed by atoms with van der Waals surface area (Å²) in [5.41, 5.74) is 2.93. The highest BCUT2D eigenvalue weighted by atomic mass is 32.2. The van der Waals surface area contributed by atoms with E-state index in [9.17, 15) is 13.5 Å². The number of anilines is 1.